The SMILES string of the molecule is [N-]=[N+]=NCCCC(=O)NCCc1ccc(N=Nc2ccc(C(=O)O)cc2)c(O)c1. The van der Waals surface area contributed by atoms with E-state index in [0.29, 0.717) is 25.1 Å². The van der Waals surface area contributed by atoms with Gasteiger partial charge in [0.1, 0.15) is 11.4 Å². The van der Waals surface area contributed by atoms with Gasteiger partial charge in [0, 0.05) is 24.4 Å². The summed E-state index contributed by atoms with van der Waals surface area (Å²) in [6.45, 7) is 0.702. The van der Waals surface area contributed by atoms with E-state index in [4.69, 9.17) is 10.6 Å². The van der Waals surface area contributed by atoms with Crippen LogP contribution >= 0.6 is 0 Å². The van der Waals surface area contributed by atoms with Gasteiger partial charge < -0.3 is 15.5 Å². The van der Waals surface area contributed by atoms with Crippen LogP contribution in [0.1, 0.15) is 28.8 Å². The van der Waals surface area contributed by atoms with E-state index in [-0.39, 0.29) is 35.9 Å². The fourth-order valence-corrected chi connectivity index (χ4v) is 2.38. The Morgan fingerprint density at radius 2 is 1.86 bits per heavy atom. The maximum atomic E-state index is 11.6. The van der Waals surface area contributed by atoms with Gasteiger partial charge in [-0.3, -0.25) is 4.79 Å². The van der Waals surface area contributed by atoms with Crippen LogP contribution in [0.3, 0.4) is 0 Å². The van der Waals surface area contributed by atoms with Crippen molar-refractivity contribution in [2.45, 2.75) is 19.3 Å². The molecule has 0 bridgehead atoms. The second kappa shape index (κ2) is 11.1. The molecule has 29 heavy (non-hydrogen) atoms. The third-order valence-corrected chi connectivity index (χ3v) is 3.89. The molecule has 0 unspecified atom stereocenters. The first-order chi connectivity index (χ1) is 14.0. The molecule has 2 aromatic carbocycles. The van der Waals surface area contributed by atoms with Crippen LogP contribution in [0.25, 0.3) is 10.4 Å². The van der Waals surface area contributed by atoms with Gasteiger partial charge in [0.2, 0.25) is 5.91 Å². The fourth-order valence-electron chi connectivity index (χ4n) is 2.38. The van der Waals surface area contributed by atoms with Gasteiger partial charge in [-0.1, -0.05) is 11.2 Å². The molecule has 2 aromatic rings. The van der Waals surface area contributed by atoms with E-state index in [0.717, 1.165) is 5.56 Å². The largest absolute Gasteiger partial charge is 0.506 e. The van der Waals surface area contributed by atoms with Crippen LogP contribution in [-0.2, 0) is 11.2 Å². The number of phenols is 1. The zero-order valence-electron chi connectivity index (χ0n) is 15.5. The van der Waals surface area contributed by atoms with E-state index in [2.05, 4.69) is 25.6 Å². The van der Waals surface area contributed by atoms with Gasteiger partial charge in [0.05, 0.1) is 11.3 Å². The Morgan fingerprint density at radius 3 is 2.52 bits per heavy atom. The number of amides is 1. The average Bonchev–Trinajstić information content (AvgIpc) is 2.71. The minimum absolute atomic E-state index is 0.0471. The molecule has 10 heteroatoms. The summed E-state index contributed by atoms with van der Waals surface area (Å²) in [6.07, 6.45) is 1.32. The highest BCUT2D eigenvalue weighted by Crippen LogP contribution is 2.29. The summed E-state index contributed by atoms with van der Waals surface area (Å²) < 4.78 is 0. The van der Waals surface area contributed by atoms with Crippen molar-refractivity contribution < 1.29 is 19.8 Å². The van der Waals surface area contributed by atoms with Crippen molar-refractivity contribution in [3.05, 3.63) is 64.0 Å². The van der Waals surface area contributed by atoms with Crippen molar-refractivity contribution in [1.29, 1.82) is 0 Å². The number of nitrogens with one attached hydrogen (secondary N) is 1. The standard InChI is InChI=1S/C19H20N6O4/c20-25-22-10-1-2-18(27)21-11-9-13-3-8-16(17(26)12-13)24-23-15-6-4-14(5-7-15)19(28)29/h3-8,12,26H,1-2,9-11H2,(H,21,27)(H,28,29). The van der Waals surface area contributed by atoms with Gasteiger partial charge in [-0.15, -0.1) is 5.11 Å². The smallest absolute Gasteiger partial charge is 0.335 e. The number of aromatic hydroxyl groups is 1. The molecule has 150 valence electrons. The van der Waals surface area contributed by atoms with E-state index >= 15 is 0 Å². The van der Waals surface area contributed by atoms with Crippen LogP contribution in [0.4, 0.5) is 11.4 Å². The van der Waals surface area contributed by atoms with Gasteiger partial charge in [-0.25, -0.2) is 4.79 Å². The number of hydrogen-bond donors (Lipinski definition) is 3. The molecule has 0 saturated heterocycles. The Morgan fingerprint density at radius 1 is 1.10 bits per heavy atom. The van der Waals surface area contributed by atoms with Crippen molar-refractivity contribution in [2.75, 3.05) is 13.1 Å². The lowest BCUT2D eigenvalue weighted by Crippen LogP contribution is -2.25. The Bertz CT molecular complexity index is 936. The Labute approximate surface area is 166 Å². The van der Waals surface area contributed by atoms with E-state index in [9.17, 15) is 14.7 Å². The van der Waals surface area contributed by atoms with Crippen LogP contribution < -0.4 is 5.32 Å². The molecule has 0 spiro atoms. The zero-order chi connectivity index (χ0) is 21.1. The zero-order valence-corrected chi connectivity index (χ0v) is 15.5. The Kier molecular flexibility index (Phi) is 8.15. The summed E-state index contributed by atoms with van der Waals surface area (Å²) in [5, 5.41) is 33.1. The molecule has 0 fully saturated rings. The van der Waals surface area contributed by atoms with E-state index in [1.165, 1.54) is 24.3 Å². The molecule has 0 aliphatic rings. The number of aromatic carboxylic acids is 1. The van der Waals surface area contributed by atoms with E-state index in [1.807, 2.05) is 0 Å². The van der Waals surface area contributed by atoms with Crippen molar-refractivity contribution in [3.63, 3.8) is 0 Å². The predicted octanol–water partition coefficient (Wildman–Crippen LogP) is 4.26. The first-order valence-corrected chi connectivity index (χ1v) is 8.84. The number of nitrogens with zero attached hydrogens (tertiary/aromatic N) is 5. The number of carboxylic acids is 1. The maximum Gasteiger partial charge on any atom is 0.335 e. The molecule has 0 aliphatic heterocycles. The van der Waals surface area contributed by atoms with Gasteiger partial charge in [-0.2, -0.15) is 5.11 Å². The van der Waals surface area contributed by atoms with Crippen molar-refractivity contribution >= 4 is 23.3 Å². The van der Waals surface area contributed by atoms with Crippen LogP contribution in [0.15, 0.2) is 57.8 Å². The van der Waals surface area contributed by atoms with Gasteiger partial charge in [0.15, 0.2) is 0 Å². The molecule has 0 atom stereocenters. The molecule has 1 amide bonds. The Balaban J connectivity index is 1.85. The van der Waals surface area contributed by atoms with Crippen molar-refractivity contribution in [3.8, 4) is 5.75 Å². The molecule has 0 aliphatic carbocycles. The first-order valence-electron chi connectivity index (χ1n) is 8.84. The lowest BCUT2D eigenvalue weighted by Gasteiger charge is -2.06. The first kappa shape index (κ1) is 21.4. The van der Waals surface area contributed by atoms with Crippen LogP contribution in [0.5, 0.6) is 5.75 Å². The van der Waals surface area contributed by atoms with E-state index in [1.54, 1.807) is 18.2 Å². The molecular weight excluding hydrogens is 376 g/mol. The molecule has 0 aromatic heterocycles. The van der Waals surface area contributed by atoms with Gasteiger partial charge >= 0.3 is 5.97 Å². The number of azo groups is 1. The average molecular weight is 396 g/mol. The number of azide groups is 1. The highest BCUT2D eigenvalue weighted by Gasteiger charge is 2.05. The molecular formula is C19H20N6O4. The number of carbonyl (C=O) groups is 2. The number of carbonyl (C=O) groups excluding carboxylic acids is 1. The van der Waals surface area contributed by atoms with Crippen molar-refractivity contribution in [2.24, 2.45) is 15.3 Å². The van der Waals surface area contributed by atoms with Gasteiger partial charge in [0.25, 0.3) is 0 Å². The fraction of sp³-hybridized carbons (Fsp3) is 0.263. The monoisotopic (exact) mass is 396 g/mol. The summed E-state index contributed by atoms with van der Waals surface area (Å²) in [5.41, 5.74) is 9.87. The second-order valence-corrected chi connectivity index (χ2v) is 6.03. The molecule has 0 heterocycles. The number of hydrogen-bond acceptors (Lipinski definition) is 6. The minimum Gasteiger partial charge on any atom is -0.506 e. The molecule has 0 saturated carbocycles. The summed E-state index contributed by atoms with van der Waals surface area (Å²) >= 11 is 0. The number of phenolic OH excluding ortho intramolecular Hbond substituents is 1. The summed E-state index contributed by atoms with van der Waals surface area (Å²) in [4.78, 5) is 25.1. The van der Waals surface area contributed by atoms with Crippen LogP contribution in [-0.4, -0.2) is 35.2 Å². The summed E-state index contributed by atoms with van der Waals surface area (Å²) in [5.74, 6) is -1.19. The highest BCUT2D eigenvalue weighted by atomic mass is 16.4. The van der Waals surface area contributed by atoms with Gasteiger partial charge in [-0.05, 0) is 60.3 Å². The molecule has 10 nitrogen and oxygen atoms in total. The lowest BCUT2D eigenvalue weighted by molar-refractivity contribution is -0.121. The maximum absolute atomic E-state index is 11.6. The number of rotatable bonds is 10. The topological polar surface area (TPSA) is 160 Å². The molecule has 0 radical (unpaired) electrons. The second-order valence-electron chi connectivity index (χ2n) is 6.03. The third-order valence-electron chi connectivity index (χ3n) is 3.89. The number of benzene rings is 2. The van der Waals surface area contributed by atoms with Crippen LogP contribution in [0, 0.1) is 0 Å². The lowest BCUT2D eigenvalue weighted by atomic mass is 10.1. The molecule has 3 N–H and O–H groups in total. The molecule has 2 rings (SSSR count). The summed E-state index contributed by atoms with van der Waals surface area (Å²) in [7, 11) is 0. The quantitative estimate of drug-likeness (QED) is 0.237. The third kappa shape index (κ3) is 7.31. The highest BCUT2D eigenvalue weighted by molar-refractivity contribution is 5.87. The Hall–Kier alpha value is -3.91. The minimum atomic E-state index is -1.02. The van der Waals surface area contributed by atoms with Crippen molar-refractivity contribution in [1.82, 2.24) is 5.32 Å². The van der Waals surface area contributed by atoms with Crippen LogP contribution in [0.2, 0.25) is 0 Å². The number of carboxylic acid groups (broad SMARTS) is 1. The predicted molar refractivity (Wildman–Crippen MR) is 106 cm³/mol. The normalized spacial score (nSPS) is 10.5. The summed E-state index contributed by atoms with van der Waals surface area (Å²) in [6, 6.07) is 10.8. The van der Waals surface area contributed by atoms with E-state index < -0.39 is 5.97 Å².